The van der Waals surface area contributed by atoms with Crippen molar-refractivity contribution in [1.82, 2.24) is 5.32 Å². The Morgan fingerprint density at radius 3 is 1.75 bits per heavy atom. The quantitative estimate of drug-likeness (QED) is 0.765. The Labute approximate surface area is 123 Å². The molecule has 0 amide bonds. The highest BCUT2D eigenvalue weighted by molar-refractivity contribution is 5.22. The van der Waals surface area contributed by atoms with E-state index in [9.17, 15) is 0 Å². The lowest BCUT2D eigenvalue weighted by Crippen LogP contribution is -2.25. The van der Waals surface area contributed by atoms with E-state index in [4.69, 9.17) is 0 Å². The molecule has 0 aliphatic heterocycles. The van der Waals surface area contributed by atoms with Gasteiger partial charge in [-0.3, -0.25) is 0 Å². The summed E-state index contributed by atoms with van der Waals surface area (Å²) in [5.74, 6) is 0.677. The minimum absolute atomic E-state index is 0.361. The molecule has 2 atom stereocenters. The van der Waals surface area contributed by atoms with Crippen LogP contribution >= 0.6 is 0 Å². The molecule has 1 N–H and O–H groups in total. The highest BCUT2D eigenvalue weighted by Gasteiger charge is 2.16. The topological polar surface area (TPSA) is 12.0 Å². The number of benzene rings is 2. The van der Waals surface area contributed by atoms with E-state index in [1.165, 1.54) is 11.1 Å². The molecule has 1 unspecified atom stereocenters. The Morgan fingerprint density at radius 2 is 1.25 bits per heavy atom. The van der Waals surface area contributed by atoms with Crippen molar-refractivity contribution in [3.63, 3.8) is 0 Å². The molecule has 2 aromatic carbocycles. The zero-order valence-corrected chi connectivity index (χ0v) is 12.7. The van der Waals surface area contributed by atoms with E-state index in [0.717, 1.165) is 6.42 Å². The number of nitrogens with one attached hydrogen (secondary N) is 1. The maximum atomic E-state index is 3.78. The Hall–Kier alpha value is -1.60. The summed E-state index contributed by atoms with van der Waals surface area (Å²) >= 11 is 0. The minimum atomic E-state index is 0.361. The lowest BCUT2D eigenvalue weighted by atomic mass is 9.95. The molecule has 20 heavy (non-hydrogen) atoms. The number of rotatable bonds is 6. The Morgan fingerprint density at radius 1 is 0.750 bits per heavy atom. The first-order chi connectivity index (χ1) is 9.66. The predicted octanol–water partition coefficient (Wildman–Crippen LogP) is 5.12. The molecule has 1 nitrogen and oxygen atoms in total. The molecule has 2 aromatic rings. The summed E-state index contributed by atoms with van der Waals surface area (Å²) in [4.78, 5) is 0. The Balaban J connectivity index is 2.12. The van der Waals surface area contributed by atoms with Crippen LogP contribution in [0.1, 0.15) is 50.4 Å². The van der Waals surface area contributed by atoms with Crippen molar-refractivity contribution in [1.29, 1.82) is 0 Å². The predicted molar refractivity (Wildman–Crippen MR) is 86.6 cm³/mol. The number of hydrogen-bond donors (Lipinski definition) is 1. The highest BCUT2D eigenvalue weighted by Crippen LogP contribution is 2.25. The van der Waals surface area contributed by atoms with Crippen molar-refractivity contribution >= 4 is 0 Å². The van der Waals surface area contributed by atoms with Crippen molar-refractivity contribution in [2.75, 3.05) is 0 Å². The molecule has 0 saturated carbocycles. The molecule has 0 saturated heterocycles. The fourth-order valence-electron chi connectivity index (χ4n) is 2.60. The molecule has 0 fully saturated rings. The van der Waals surface area contributed by atoms with Gasteiger partial charge in [-0.25, -0.2) is 0 Å². The average molecular weight is 267 g/mol. The third kappa shape index (κ3) is 4.21. The van der Waals surface area contributed by atoms with E-state index in [0.29, 0.717) is 18.0 Å². The van der Waals surface area contributed by atoms with Crippen molar-refractivity contribution in [3.05, 3.63) is 71.8 Å². The summed E-state index contributed by atoms with van der Waals surface area (Å²) < 4.78 is 0. The monoisotopic (exact) mass is 267 g/mol. The summed E-state index contributed by atoms with van der Waals surface area (Å²) in [6, 6.07) is 22.2. The standard InChI is InChI=1S/C19H25N/c1-15(2)14-19(18-12-8-5-9-13-18)20-16(3)17-10-6-4-7-11-17/h4-13,15-16,19-20H,14H2,1-3H3/t16-,19?/m0/s1. The second-order valence-electron chi connectivity index (χ2n) is 5.89. The SMILES string of the molecule is CC(C)CC(N[C@@H](C)c1ccccc1)c1ccccc1. The van der Waals surface area contributed by atoms with Crippen molar-refractivity contribution in [2.24, 2.45) is 5.92 Å². The fourth-order valence-corrected chi connectivity index (χ4v) is 2.60. The molecule has 106 valence electrons. The first kappa shape index (κ1) is 14.8. The molecular weight excluding hydrogens is 242 g/mol. The maximum Gasteiger partial charge on any atom is 0.0328 e. The second kappa shape index (κ2) is 7.25. The normalized spacial score (nSPS) is 14.2. The van der Waals surface area contributed by atoms with Gasteiger partial charge in [0.2, 0.25) is 0 Å². The first-order valence-corrected chi connectivity index (χ1v) is 7.52. The smallest absolute Gasteiger partial charge is 0.0328 e. The largest absolute Gasteiger partial charge is 0.303 e. The average Bonchev–Trinajstić information content (AvgIpc) is 2.48. The van der Waals surface area contributed by atoms with Crippen LogP contribution in [0.4, 0.5) is 0 Å². The third-order valence-electron chi connectivity index (χ3n) is 3.66. The van der Waals surface area contributed by atoms with Gasteiger partial charge in [-0.1, -0.05) is 74.5 Å². The van der Waals surface area contributed by atoms with E-state index in [1.807, 2.05) is 0 Å². The zero-order chi connectivity index (χ0) is 14.4. The van der Waals surface area contributed by atoms with Crippen LogP contribution in [0.3, 0.4) is 0 Å². The van der Waals surface area contributed by atoms with Crippen LogP contribution < -0.4 is 5.32 Å². The van der Waals surface area contributed by atoms with Crippen LogP contribution in [0, 0.1) is 5.92 Å². The molecule has 2 rings (SSSR count). The molecule has 0 heterocycles. The van der Waals surface area contributed by atoms with Gasteiger partial charge >= 0.3 is 0 Å². The van der Waals surface area contributed by atoms with Gasteiger partial charge in [0.15, 0.2) is 0 Å². The summed E-state index contributed by atoms with van der Waals surface area (Å²) in [6.45, 7) is 6.81. The van der Waals surface area contributed by atoms with Crippen LogP contribution in [-0.2, 0) is 0 Å². The summed E-state index contributed by atoms with van der Waals surface area (Å²) in [5.41, 5.74) is 2.72. The third-order valence-corrected chi connectivity index (χ3v) is 3.66. The fraction of sp³-hybridized carbons (Fsp3) is 0.368. The number of hydrogen-bond acceptors (Lipinski definition) is 1. The second-order valence-corrected chi connectivity index (χ2v) is 5.89. The van der Waals surface area contributed by atoms with Gasteiger partial charge in [0.05, 0.1) is 0 Å². The van der Waals surface area contributed by atoms with Gasteiger partial charge in [0.1, 0.15) is 0 Å². The van der Waals surface area contributed by atoms with E-state index in [1.54, 1.807) is 0 Å². The van der Waals surface area contributed by atoms with Gasteiger partial charge in [0.25, 0.3) is 0 Å². The van der Waals surface area contributed by atoms with E-state index >= 15 is 0 Å². The zero-order valence-electron chi connectivity index (χ0n) is 12.7. The van der Waals surface area contributed by atoms with Gasteiger partial charge in [-0.2, -0.15) is 0 Å². The van der Waals surface area contributed by atoms with Gasteiger partial charge in [0, 0.05) is 12.1 Å². The van der Waals surface area contributed by atoms with Crippen LogP contribution in [0.5, 0.6) is 0 Å². The first-order valence-electron chi connectivity index (χ1n) is 7.52. The van der Waals surface area contributed by atoms with Crippen LogP contribution in [-0.4, -0.2) is 0 Å². The summed E-state index contributed by atoms with van der Waals surface area (Å²) in [6.07, 6.45) is 1.15. The molecule has 0 aromatic heterocycles. The van der Waals surface area contributed by atoms with E-state index < -0.39 is 0 Å². The molecule has 1 heteroatoms. The summed E-state index contributed by atoms with van der Waals surface area (Å²) in [7, 11) is 0. The van der Waals surface area contributed by atoms with Crippen molar-refractivity contribution in [3.8, 4) is 0 Å². The van der Waals surface area contributed by atoms with Gasteiger partial charge < -0.3 is 5.32 Å². The molecule has 0 radical (unpaired) electrons. The lowest BCUT2D eigenvalue weighted by molar-refractivity contribution is 0.394. The minimum Gasteiger partial charge on any atom is -0.303 e. The summed E-state index contributed by atoms with van der Waals surface area (Å²) in [5, 5.41) is 3.78. The Kier molecular flexibility index (Phi) is 5.37. The molecule has 0 aliphatic rings. The lowest BCUT2D eigenvalue weighted by Gasteiger charge is -2.25. The van der Waals surface area contributed by atoms with Gasteiger partial charge in [-0.05, 0) is 30.4 Å². The highest BCUT2D eigenvalue weighted by atomic mass is 14.9. The van der Waals surface area contributed by atoms with Crippen molar-refractivity contribution < 1.29 is 0 Å². The van der Waals surface area contributed by atoms with Crippen molar-refractivity contribution in [2.45, 2.75) is 39.3 Å². The van der Waals surface area contributed by atoms with Crippen LogP contribution in [0.2, 0.25) is 0 Å². The molecule has 0 spiro atoms. The van der Waals surface area contributed by atoms with Gasteiger partial charge in [-0.15, -0.1) is 0 Å². The molecule has 0 aliphatic carbocycles. The van der Waals surface area contributed by atoms with E-state index in [2.05, 4.69) is 86.8 Å². The Bertz CT molecular complexity index is 490. The van der Waals surface area contributed by atoms with Crippen LogP contribution in [0.15, 0.2) is 60.7 Å². The molecule has 0 bridgehead atoms. The van der Waals surface area contributed by atoms with E-state index in [-0.39, 0.29) is 0 Å². The maximum absolute atomic E-state index is 3.78. The van der Waals surface area contributed by atoms with Crippen LogP contribution in [0.25, 0.3) is 0 Å². The molecular formula is C19H25N.